The van der Waals surface area contributed by atoms with Gasteiger partial charge >= 0.3 is 0 Å². The molecule has 0 N–H and O–H groups in total. The van der Waals surface area contributed by atoms with Gasteiger partial charge in [-0.1, -0.05) is 55.1 Å². The van der Waals surface area contributed by atoms with Crippen molar-refractivity contribution < 1.29 is 4.84 Å². The first-order valence-electron chi connectivity index (χ1n) is 5.35. The third-order valence-electron chi connectivity index (χ3n) is 2.74. The Morgan fingerprint density at radius 3 is 2.40 bits per heavy atom. The molecule has 0 unspecified atom stereocenters. The first-order valence-corrected chi connectivity index (χ1v) is 8.93. The molecule has 1 aromatic carbocycles. The molecular formula is C12H17NOSi. The van der Waals surface area contributed by atoms with E-state index < -0.39 is 8.07 Å². The molecule has 1 aromatic rings. The Labute approximate surface area is 92.0 Å². The maximum absolute atomic E-state index is 5.53. The molecule has 3 heteroatoms. The second kappa shape index (κ2) is 3.81. The van der Waals surface area contributed by atoms with Crippen LogP contribution in [-0.2, 0) is 4.84 Å². The predicted molar refractivity (Wildman–Crippen MR) is 65.8 cm³/mol. The number of rotatable bonds is 2. The molecule has 2 nitrogen and oxygen atoms in total. The fourth-order valence-corrected chi connectivity index (χ4v) is 2.82. The smallest absolute Gasteiger partial charge is 0.120 e. The van der Waals surface area contributed by atoms with Crippen LogP contribution in [0.4, 0.5) is 0 Å². The Morgan fingerprint density at radius 1 is 1.20 bits per heavy atom. The Hall–Kier alpha value is -1.09. The van der Waals surface area contributed by atoms with Crippen molar-refractivity contribution in [3.05, 3.63) is 35.9 Å². The van der Waals surface area contributed by atoms with Gasteiger partial charge in [0.25, 0.3) is 0 Å². The minimum atomic E-state index is -1.24. The number of hydrogen-bond acceptors (Lipinski definition) is 2. The van der Waals surface area contributed by atoms with E-state index in [1.807, 2.05) is 18.2 Å². The SMILES string of the molecule is C[Si](C)(C)[C@@H]1CC(c2ccccc2)=NO1. The normalized spacial score (nSPS) is 21.0. The van der Waals surface area contributed by atoms with E-state index in [1.54, 1.807) is 0 Å². The van der Waals surface area contributed by atoms with Crippen molar-refractivity contribution in [2.75, 3.05) is 0 Å². The average Bonchev–Trinajstić information content (AvgIpc) is 2.67. The molecular weight excluding hydrogens is 202 g/mol. The molecule has 80 valence electrons. The second-order valence-electron chi connectivity index (χ2n) is 5.07. The number of nitrogens with zero attached hydrogens (tertiary/aromatic N) is 1. The van der Waals surface area contributed by atoms with Crippen molar-refractivity contribution >= 4 is 13.8 Å². The number of hydrogen-bond donors (Lipinski definition) is 0. The van der Waals surface area contributed by atoms with Gasteiger partial charge < -0.3 is 4.84 Å². The predicted octanol–water partition coefficient (Wildman–Crippen LogP) is 3.06. The molecule has 0 spiro atoms. The number of oxime groups is 1. The number of benzene rings is 1. The maximum atomic E-state index is 5.53. The third-order valence-corrected chi connectivity index (χ3v) is 4.98. The van der Waals surface area contributed by atoms with Gasteiger partial charge in [-0.25, -0.2) is 0 Å². The summed E-state index contributed by atoms with van der Waals surface area (Å²) in [5.41, 5.74) is 2.63. The largest absolute Gasteiger partial charge is 0.396 e. The van der Waals surface area contributed by atoms with E-state index in [-0.39, 0.29) is 0 Å². The van der Waals surface area contributed by atoms with Gasteiger partial charge in [-0.15, -0.1) is 0 Å². The summed E-state index contributed by atoms with van der Waals surface area (Å²) in [6, 6.07) is 10.3. The van der Waals surface area contributed by atoms with E-state index in [0.717, 1.165) is 12.1 Å². The van der Waals surface area contributed by atoms with Gasteiger partial charge in [0.05, 0.1) is 13.8 Å². The lowest BCUT2D eigenvalue weighted by Gasteiger charge is -2.21. The summed E-state index contributed by atoms with van der Waals surface area (Å²) in [5.74, 6) is 0. The van der Waals surface area contributed by atoms with Crippen LogP contribution in [0.15, 0.2) is 35.5 Å². The molecule has 0 saturated carbocycles. The summed E-state index contributed by atoms with van der Waals surface area (Å²) in [6.07, 6.45) is 0.972. The third kappa shape index (κ3) is 2.29. The highest BCUT2D eigenvalue weighted by Gasteiger charge is 2.34. The van der Waals surface area contributed by atoms with Gasteiger partial charge in [0.1, 0.15) is 5.73 Å². The van der Waals surface area contributed by atoms with Crippen molar-refractivity contribution in [3.63, 3.8) is 0 Å². The summed E-state index contributed by atoms with van der Waals surface area (Å²) in [5, 5.41) is 4.21. The molecule has 1 atom stereocenters. The fraction of sp³-hybridized carbons (Fsp3) is 0.417. The molecule has 0 bridgehead atoms. The molecule has 1 aliphatic rings. The lowest BCUT2D eigenvalue weighted by atomic mass is 10.1. The van der Waals surface area contributed by atoms with Gasteiger partial charge in [-0.2, -0.15) is 0 Å². The topological polar surface area (TPSA) is 21.6 Å². The minimum Gasteiger partial charge on any atom is -0.396 e. The Morgan fingerprint density at radius 2 is 1.87 bits per heavy atom. The van der Waals surface area contributed by atoms with E-state index >= 15 is 0 Å². The van der Waals surface area contributed by atoms with E-state index in [4.69, 9.17) is 4.84 Å². The molecule has 0 radical (unpaired) electrons. The lowest BCUT2D eigenvalue weighted by Crippen LogP contribution is -2.38. The first kappa shape index (κ1) is 10.4. The summed E-state index contributed by atoms with van der Waals surface area (Å²) in [7, 11) is -1.24. The van der Waals surface area contributed by atoms with Crippen molar-refractivity contribution in [3.8, 4) is 0 Å². The lowest BCUT2D eigenvalue weighted by molar-refractivity contribution is 0.135. The molecule has 0 saturated heterocycles. The molecule has 0 aliphatic carbocycles. The highest BCUT2D eigenvalue weighted by molar-refractivity contribution is 6.77. The van der Waals surface area contributed by atoms with Crippen molar-refractivity contribution in [2.24, 2.45) is 5.16 Å². The van der Waals surface area contributed by atoms with Gasteiger partial charge in [0.2, 0.25) is 0 Å². The first-order chi connectivity index (χ1) is 7.07. The van der Waals surface area contributed by atoms with Crippen LogP contribution < -0.4 is 0 Å². The van der Waals surface area contributed by atoms with Crippen LogP contribution >= 0.6 is 0 Å². The van der Waals surface area contributed by atoms with Crippen molar-refractivity contribution in [2.45, 2.75) is 31.8 Å². The molecule has 1 aliphatic heterocycles. The summed E-state index contributed by atoms with van der Waals surface area (Å²) in [4.78, 5) is 5.53. The van der Waals surface area contributed by atoms with Gasteiger partial charge in [0.15, 0.2) is 0 Å². The molecule has 2 rings (SSSR count). The molecule has 1 heterocycles. The molecule has 0 amide bonds. The van der Waals surface area contributed by atoms with E-state index in [1.165, 1.54) is 5.56 Å². The zero-order valence-electron chi connectivity index (χ0n) is 9.53. The van der Waals surface area contributed by atoms with E-state index in [9.17, 15) is 0 Å². The standard InChI is InChI=1S/C12H17NOSi/c1-15(2,3)12-9-11(13-14-12)10-7-5-4-6-8-10/h4-8,12H,9H2,1-3H3/t12-/m1/s1. The average molecular weight is 219 g/mol. The van der Waals surface area contributed by atoms with Crippen molar-refractivity contribution in [1.82, 2.24) is 0 Å². The highest BCUT2D eigenvalue weighted by Crippen LogP contribution is 2.23. The van der Waals surface area contributed by atoms with Crippen molar-refractivity contribution in [1.29, 1.82) is 0 Å². The van der Waals surface area contributed by atoms with Crippen LogP contribution in [0.2, 0.25) is 19.6 Å². The minimum absolute atomic E-state index is 0.340. The van der Waals surface area contributed by atoms with Crippen LogP contribution in [0.1, 0.15) is 12.0 Å². The van der Waals surface area contributed by atoms with Gasteiger partial charge in [0, 0.05) is 6.42 Å². The highest BCUT2D eigenvalue weighted by atomic mass is 28.3. The second-order valence-corrected chi connectivity index (χ2v) is 10.4. The molecule has 0 aromatic heterocycles. The van der Waals surface area contributed by atoms with Crippen LogP contribution in [0.3, 0.4) is 0 Å². The Kier molecular flexibility index (Phi) is 2.65. The van der Waals surface area contributed by atoms with Crippen LogP contribution in [0, 0.1) is 0 Å². The summed E-state index contributed by atoms with van der Waals surface area (Å²) < 4.78 is 0. The zero-order valence-corrected chi connectivity index (χ0v) is 10.5. The van der Waals surface area contributed by atoms with Crippen LogP contribution in [0.5, 0.6) is 0 Å². The quantitative estimate of drug-likeness (QED) is 0.701. The Bertz CT molecular complexity index is 367. The van der Waals surface area contributed by atoms with Gasteiger partial charge in [-0.05, 0) is 5.56 Å². The van der Waals surface area contributed by atoms with E-state index in [2.05, 4.69) is 36.9 Å². The summed E-state index contributed by atoms with van der Waals surface area (Å²) in [6.45, 7) is 6.96. The van der Waals surface area contributed by atoms with Gasteiger partial charge in [-0.3, -0.25) is 0 Å². The van der Waals surface area contributed by atoms with E-state index in [0.29, 0.717) is 5.73 Å². The monoisotopic (exact) mass is 219 g/mol. The van der Waals surface area contributed by atoms with Crippen LogP contribution in [0.25, 0.3) is 0 Å². The zero-order chi connectivity index (χ0) is 10.9. The molecule has 15 heavy (non-hydrogen) atoms. The maximum Gasteiger partial charge on any atom is 0.120 e. The Balaban J connectivity index is 2.11. The molecule has 0 fully saturated rings. The summed E-state index contributed by atoms with van der Waals surface area (Å²) >= 11 is 0. The van der Waals surface area contributed by atoms with Crippen LogP contribution in [-0.4, -0.2) is 19.5 Å². The fourth-order valence-electron chi connectivity index (χ4n) is 1.64.